The van der Waals surface area contributed by atoms with Crippen LogP contribution in [0.1, 0.15) is 31.4 Å². The first-order valence-corrected chi connectivity index (χ1v) is 11.0. The smallest absolute Gasteiger partial charge is 0.211 e. The Morgan fingerprint density at radius 1 is 0.966 bits per heavy atom. The quantitative estimate of drug-likeness (QED) is 0.194. The molecule has 2 aromatic carbocycles. The minimum absolute atomic E-state index is 0.221. The van der Waals surface area contributed by atoms with Crippen molar-refractivity contribution in [3.63, 3.8) is 0 Å². The van der Waals surface area contributed by atoms with E-state index >= 15 is 0 Å². The molecule has 0 saturated heterocycles. The number of ether oxygens (including phenoxy) is 3. The van der Waals surface area contributed by atoms with E-state index in [0.717, 1.165) is 26.9 Å². The highest BCUT2D eigenvalue weighted by Gasteiger charge is 2.26. The van der Waals surface area contributed by atoms with Crippen molar-refractivity contribution in [3.8, 4) is 11.5 Å². The highest BCUT2D eigenvalue weighted by Crippen LogP contribution is 2.35. The van der Waals surface area contributed by atoms with E-state index in [1.54, 1.807) is 7.11 Å². The van der Waals surface area contributed by atoms with E-state index in [1.165, 1.54) is 0 Å². The van der Waals surface area contributed by atoms with Crippen LogP contribution in [0.25, 0.3) is 0 Å². The summed E-state index contributed by atoms with van der Waals surface area (Å²) in [6.07, 6.45) is 0.856. The van der Waals surface area contributed by atoms with Gasteiger partial charge in [0.05, 0.1) is 16.1 Å². The Balaban J connectivity index is 2.09. The number of rotatable bonds is 11. The number of methoxy groups -OCH3 is 1. The van der Waals surface area contributed by atoms with Crippen LogP contribution >= 0.6 is 34.2 Å². The second-order valence-electron chi connectivity index (χ2n) is 7.39. The minimum atomic E-state index is -2.05. The van der Waals surface area contributed by atoms with Crippen molar-refractivity contribution in [1.29, 1.82) is 0 Å². The zero-order chi connectivity index (χ0) is 21.5. The van der Waals surface area contributed by atoms with Gasteiger partial charge in [0.15, 0.2) is 0 Å². The van der Waals surface area contributed by atoms with E-state index in [-0.39, 0.29) is 17.9 Å². The summed E-state index contributed by atoms with van der Waals surface area (Å²) in [4.78, 5) is 0. The van der Waals surface area contributed by atoms with Crippen LogP contribution in [-0.4, -0.2) is 48.8 Å². The summed E-state index contributed by atoms with van der Waals surface area (Å²) in [6, 6.07) is 14.0. The number of alkyl halides is 1. The number of aliphatic hydroxyl groups is 2. The van der Waals surface area contributed by atoms with Crippen LogP contribution < -0.4 is 9.47 Å². The minimum Gasteiger partial charge on any atom is -0.494 e. The average molecular weight is 535 g/mol. The lowest BCUT2D eigenvalue weighted by Gasteiger charge is -2.27. The largest absolute Gasteiger partial charge is 0.494 e. The van der Waals surface area contributed by atoms with Gasteiger partial charge in [-0.2, -0.15) is 0 Å². The average Bonchev–Trinajstić information content (AvgIpc) is 2.70. The summed E-state index contributed by atoms with van der Waals surface area (Å²) in [6.45, 7) is 5.34. The first-order valence-electron chi connectivity index (χ1n) is 9.35. The Labute approximate surface area is 191 Å². The summed E-state index contributed by atoms with van der Waals surface area (Å²) in [7, 11) is 1.68. The molecule has 0 aliphatic rings. The van der Waals surface area contributed by atoms with Gasteiger partial charge in [-0.1, -0.05) is 32.0 Å². The monoisotopic (exact) mass is 534 g/mol. The fourth-order valence-electron chi connectivity index (χ4n) is 2.77. The predicted octanol–water partition coefficient (Wildman–Crippen LogP) is 4.33. The van der Waals surface area contributed by atoms with Crippen molar-refractivity contribution >= 4 is 34.2 Å². The van der Waals surface area contributed by atoms with Crippen LogP contribution in [0.4, 0.5) is 0 Å². The number of benzene rings is 2. The molecule has 2 rings (SSSR count). The van der Waals surface area contributed by atoms with Crippen molar-refractivity contribution in [3.05, 3.63) is 57.2 Å². The zero-order valence-corrected chi connectivity index (χ0v) is 19.9. The SMILES string of the molecule is COCCCOc1ccc(C(C)(C)c2ccc(OCC(O)(O)CCl)c(I)c2)cc1. The molecule has 0 amide bonds. The first-order chi connectivity index (χ1) is 13.7. The summed E-state index contributed by atoms with van der Waals surface area (Å²) in [5.74, 6) is -0.936. The van der Waals surface area contributed by atoms with E-state index in [1.807, 2.05) is 30.3 Å². The van der Waals surface area contributed by atoms with Gasteiger partial charge in [-0.3, -0.25) is 0 Å². The number of hydrogen-bond donors (Lipinski definition) is 2. The molecule has 0 radical (unpaired) electrons. The molecule has 0 bridgehead atoms. The van der Waals surface area contributed by atoms with Gasteiger partial charge in [0.2, 0.25) is 5.79 Å². The summed E-state index contributed by atoms with van der Waals surface area (Å²) < 4.78 is 17.2. The Kier molecular flexibility index (Phi) is 9.03. The second-order valence-corrected chi connectivity index (χ2v) is 8.82. The van der Waals surface area contributed by atoms with Crippen LogP contribution in [-0.2, 0) is 10.2 Å². The van der Waals surface area contributed by atoms with Crippen molar-refractivity contribution in [2.75, 3.05) is 32.8 Å². The highest BCUT2D eigenvalue weighted by atomic mass is 127. The van der Waals surface area contributed by atoms with Crippen molar-refractivity contribution in [2.45, 2.75) is 31.5 Å². The Bertz CT molecular complexity index is 777. The lowest BCUT2D eigenvalue weighted by Crippen LogP contribution is -2.37. The molecular formula is C22H28ClIO5. The molecule has 0 unspecified atom stereocenters. The lowest BCUT2D eigenvalue weighted by atomic mass is 9.78. The molecule has 0 aliphatic heterocycles. The molecule has 0 aromatic heterocycles. The molecule has 29 heavy (non-hydrogen) atoms. The molecule has 0 saturated carbocycles. The van der Waals surface area contributed by atoms with Gasteiger partial charge in [0.1, 0.15) is 18.1 Å². The van der Waals surface area contributed by atoms with Crippen LogP contribution in [0.15, 0.2) is 42.5 Å². The first kappa shape index (κ1) is 24.2. The molecule has 0 fully saturated rings. The lowest BCUT2D eigenvalue weighted by molar-refractivity contribution is -0.162. The van der Waals surface area contributed by atoms with Gasteiger partial charge in [0.25, 0.3) is 0 Å². The molecular weight excluding hydrogens is 507 g/mol. The molecule has 0 heterocycles. The van der Waals surface area contributed by atoms with Gasteiger partial charge >= 0.3 is 0 Å². The van der Waals surface area contributed by atoms with Gasteiger partial charge in [-0.15, -0.1) is 11.6 Å². The van der Waals surface area contributed by atoms with Gasteiger partial charge in [-0.25, -0.2) is 0 Å². The van der Waals surface area contributed by atoms with E-state index < -0.39 is 5.79 Å². The maximum atomic E-state index is 9.59. The second kappa shape index (κ2) is 10.8. The van der Waals surface area contributed by atoms with E-state index in [9.17, 15) is 10.2 Å². The van der Waals surface area contributed by atoms with Crippen molar-refractivity contribution in [2.24, 2.45) is 0 Å². The van der Waals surface area contributed by atoms with Crippen LogP contribution in [0.3, 0.4) is 0 Å². The Morgan fingerprint density at radius 2 is 1.62 bits per heavy atom. The van der Waals surface area contributed by atoms with Gasteiger partial charge < -0.3 is 24.4 Å². The maximum absolute atomic E-state index is 9.59. The fourth-order valence-corrected chi connectivity index (χ4v) is 3.51. The van der Waals surface area contributed by atoms with E-state index in [0.29, 0.717) is 19.0 Å². The molecule has 2 aromatic rings. The standard InChI is InChI=1S/C22H28ClIO5/c1-21(2,16-5-8-18(9-6-16)28-12-4-11-27-3)17-7-10-20(19(24)13-17)29-15-22(25,26)14-23/h5-10,13,25-26H,4,11-12,14-15H2,1-3H3. The highest BCUT2D eigenvalue weighted by molar-refractivity contribution is 14.1. The predicted molar refractivity (Wildman–Crippen MR) is 123 cm³/mol. The molecule has 2 N–H and O–H groups in total. The zero-order valence-electron chi connectivity index (χ0n) is 17.0. The summed E-state index contributed by atoms with van der Waals surface area (Å²) in [5, 5.41) is 19.2. The molecule has 5 nitrogen and oxygen atoms in total. The third-order valence-corrected chi connectivity index (χ3v) is 5.93. The van der Waals surface area contributed by atoms with Crippen LogP contribution in [0, 0.1) is 3.57 Å². The molecule has 0 spiro atoms. The summed E-state index contributed by atoms with van der Waals surface area (Å²) in [5.41, 5.74) is 2.07. The fraction of sp³-hybridized carbons (Fsp3) is 0.455. The number of halogens is 2. The Hall–Kier alpha value is -1.06. The summed E-state index contributed by atoms with van der Waals surface area (Å²) >= 11 is 7.69. The molecule has 7 heteroatoms. The molecule has 160 valence electrons. The topological polar surface area (TPSA) is 68.2 Å². The van der Waals surface area contributed by atoms with Crippen LogP contribution in [0.5, 0.6) is 11.5 Å². The molecule has 0 aliphatic carbocycles. The van der Waals surface area contributed by atoms with E-state index in [4.69, 9.17) is 25.8 Å². The third-order valence-electron chi connectivity index (χ3n) is 4.66. The van der Waals surface area contributed by atoms with Crippen molar-refractivity contribution < 1.29 is 24.4 Å². The third kappa shape index (κ3) is 7.00. The number of hydrogen-bond acceptors (Lipinski definition) is 5. The normalized spacial score (nSPS) is 12.1. The Morgan fingerprint density at radius 3 is 2.21 bits per heavy atom. The van der Waals surface area contributed by atoms with E-state index in [2.05, 4.69) is 48.6 Å². The van der Waals surface area contributed by atoms with Crippen LogP contribution in [0.2, 0.25) is 0 Å². The maximum Gasteiger partial charge on any atom is 0.211 e. The van der Waals surface area contributed by atoms with Crippen molar-refractivity contribution in [1.82, 2.24) is 0 Å². The van der Waals surface area contributed by atoms with Gasteiger partial charge in [-0.05, 0) is 58.0 Å². The van der Waals surface area contributed by atoms with Gasteiger partial charge in [0, 0.05) is 25.6 Å². The molecule has 0 atom stereocenters.